The zero-order chi connectivity index (χ0) is 21.7. The van der Waals surface area contributed by atoms with Gasteiger partial charge in [-0.2, -0.15) is 0 Å². The number of hydrogen-bond acceptors (Lipinski definition) is 5. The molecule has 4 rings (SSSR count). The van der Waals surface area contributed by atoms with E-state index in [0.717, 1.165) is 18.2 Å². The van der Waals surface area contributed by atoms with Gasteiger partial charge in [0.1, 0.15) is 17.3 Å². The summed E-state index contributed by atoms with van der Waals surface area (Å²) in [5, 5.41) is 5.48. The number of ether oxygens (including phenoxy) is 1. The summed E-state index contributed by atoms with van der Waals surface area (Å²) >= 11 is 0. The van der Waals surface area contributed by atoms with Crippen LogP contribution in [0.4, 0.5) is 18.9 Å². The number of fused-ring (bicyclic) bond motifs is 1. The number of nitrogens with zero attached hydrogens (tertiary/aromatic N) is 1. The van der Waals surface area contributed by atoms with Crippen molar-refractivity contribution in [1.29, 1.82) is 0 Å². The van der Waals surface area contributed by atoms with Crippen LogP contribution in [-0.2, 0) is 17.1 Å². The van der Waals surface area contributed by atoms with Gasteiger partial charge in [-0.1, -0.05) is 0 Å². The SMILES string of the molecule is Cl.Cn1cc2c(c1C(=O)Nc1ccc(F)c(C(F)F)c1)OC[C@@]1(CCNC1)NS2(=O)=O. The fourth-order valence-corrected chi connectivity index (χ4v) is 5.29. The summed E-state index contributed by atoms with van der Waals surface area (Å²) in [4.78, 5) is 12.7. The fraction of sp³-hybridized carbons (Fsp3) is 0.389. The van der Waals surface area contributed by atoms with Crippen molar-refractivity contribution in [2.45, 2.75) is 23.3 Å². The summed E-state index contributed by atoms with van der Waals surface area (Å²) in [7, 11) is -2.50. The number of sulfonamides is 1. The molecule has 1 atom stereocenters. The molecule has 0 aliphatic carbocycles. The zero-order valence-electron chi connectivity index (χ0n) is 16.2. The lowest BCUT2D eigenvalue weighted by atomic mass is 10.0. The molecule has 0 bridgehead atoms. The molecular weight excluding hydrogens is 461 g/mol. The van der Waals surface area contributed by atoms with Gasteiger partial charge in [-0.05, 0) is 31.2 Å². The number of carbonyl (C=O) groups is 1. The lowest BCUT2D eigenvalue weighted by molar-refractivity contribution is 0.101. The minimum atomic E-state index is -3.97. The van der Waals surface area contributed by atoms with Gasteiger partial charge < -0.3 is 19.9 Å². The van der Waals surface area contributed by atoms with Crippen LogP contribution in [-0.4, -0.2) is 44.1 Å². The molecule has 0 saturated carbocycles. The molecule has 1 saturated heterocycles. The smallest absolute Gasteiger partial charge is 0.276 e. The second kappa shape index (κ2) is 8.34. The zero-order valence-corrected chi connectivity index (χ0v) is 17.9. The number of alkyl halides is 2. The van der Waals surface area contributed by atoms with E-state index >= 15 is 0 Å². The molecule has 170 valence electrons. The summed E-state index contributed by atoms with van der Waals surface area (Å²) in [6.07, 6.45) is -1.27. The van der Waals surface area contributed by atoms with E-state index in [1.165, 1.54) is 17.8 Å². The third-order valence-electron chi connectivity index (χ3n) is 5.18. The van der Waals surface area contributed by atoms with Gasteiger partial charge in [-0.15, -0.1) is 12.4 Å². The van der Waals surface area contributed by atoms with E-state index in [9.17, 15) is 26.4 Å². The van der Waals surface area contributed by atoms with Crippen molar-refractivity contribution in [3.05, 3.63) is 41.5 Å². The second-order valence-corrected chi connectivity index (χ2v) is 9.03. The Labute approximate surface area is 182 Å². The van der Waals surface area contributed by atoms with Crippen molar-refractivity contribution in [3.63, 3.8) is 0 Å². The number of anilines is 1. The Morgan fingerprint density at radius 1 is 1.35 bits per heavy atom. The predicted molar refractivity (Wildman–Crippen MR) is 108 cm³/mol. The standard InChI is InChI=1S/C18H19F3N4O4S.ClH/c1-25-7-13-15(29-9-18(4-5-22-8-18)24-30(13,27)28)14(25)17(26)23-10-2-3-12(19)11(6-10)16(20)21;/h2-3,6-7,16,22,24H,4-5,8-9H2,1H3,(H,23,26);1H/t18-;/m0./s1. The van der Waals surface area contributed by atoms with Gasteiger partial charge in [-0.3, -0.25) is 4.79 Å². The number of nitrogens with one attached hydrogen (secondary N) is 3. The van der Waals surface area contributed by atoms with Gasteiger partial charge in [-0.25, -0.2) is 26.3 Å². The normalized spacial score (nSPS) is 21.8. The molecule has 1 aromatic heterocycles. The number of rotatable bonds is 3. The average Bonchev–Trinajstić information content (AvgIpc) is 3.23. The summed E-state index contributed by atoms with van der Waals surface area (Å²) in [6, 6.07) is 2.79. The molecule has 1 amide bonds. The van der Waals surface area contributed by atoms with E-state index in [0.29, 0.717) is 19.5 Å². The Morgan fingerprint density at radius 2 is 2.10 bits per heavy atom. The van der Waals surface area contributed by atoms with Gasteiger partial charge in [0.15, 0.2) is 11.4 Å². The minimum Gasteiger partial charge on any atom is -0.488 e. The Morgan fingerprint density at radius 3 is 2.74 bits per heavy atom. The summed E-state index contributed by atoms with van der Waals surface area (Å²) in [6.45, 7) is 1.02. The number of hydrogen-bond donors (Lipinski definition) is 3. The molecule has 1 fully saturated rings. The first-order valence-corrected chi connectivity index (χ1v) is 10.6. The molecule has 3 N–H and O–H groups in total. The highest BCUT2D eigenvalue weighted by Gasteiger charge is 2.44. The average molecular weight is 481 g/mol. The van der Waals surface area contributed by atoms with Crippen LogP contribution >= 0.6 is 12.4 Å². The first-order valence-electron chi connectivity index (χ1n) is 9.08. The molecule has 3 heterocycles. The quantitative estimate of drug-likeness (QED) is 0.625. The largest absolute Gasteiger partial charge is 0.488 e. The van der Waals surface area contributed by atoms with Crippen LogP contribution < -0.4 is 20.1 Å². The van der Waals surface area contributed by atoms with Crippen LogP contribution in [0.3, 0.4) is 0 Å². The minimum absolute atomic E-state index is 0. The number of amides is 1. The third-order valence-corrected chi connectivity index (χ3v) is 6.75. The Hall–Kier alpha value is -2.28. The molecule has 2 aromatic rings. The first kappa shape index (κ1) is 23.4. The van der Waals surface area contributed by atoms with Crippen molar-refractivity contribution >= 4 is 34.0 Å². The van der Waals surface area contributed by atoms with Gasteiger partial charge in [0.05, 0.1) is 11.1 Å². The van der Waals surface area contributed by atoms with Crippen LogP contribution in [0.15, 0.2) is 29.3 Å². The van der Waals surface area contributed by atoms with Crippen molar-refractivity contribution in [2.75, 3.05) is 25.0 Å². The third kappa shape index (κ3) is 4.25. The van der Waals surface area contributed by atoms with Crippen LogP contribution in [0.1, 0.15) is 28.9 Å². The molecule has 1 spiro atoms. The van der Waals surface area contributed by atoms with E-state index in [1.54, 1.807) is 0 Å². The Kier molecular flexibility index (Phi) is 6.29. The van der Waals surface area contributed by atoms with E-state index in [-0.39, 0.29) is 41.0 Å². The number of aromatic nitrogens is 1. The topological polar surface area (TPSA) is 101 Å². The Bertz CT molecular complexity index is 1120. The van der Waals surface area contributed by atoms with Crippen LogP contribution in [0, 0.1) is 5.82 Å². The number of halogens is 4. The van der Waals surface area contributed by atoms with E-state index in [1.807, 2.05) is 0 Å². The van der Waals surface area contributed by atoms with Gasteiger partial charge >= 0.3 is 0 Å². The first-order chi connectivity index (χ1) is 14.1. The maximum atomic E-state index is 13.5. The van der Waals surface area contributed by atoms with Gasteiger partial charge in [0, 0.05) is 25.5 Å². The molecule has 2 aliphatic heterocycles. The lowest BCUT2D eigenvalue weighted by Crippen LogP contribution is -2.52. The molecular formula is C18H20ClF3N4O4S. The van der Waals surface area contributed by atoms with Gasteiger partial charge in [0.2, 0.25) is 10.0 Å². The molecule has 0 unspecified atom stereocenters. The second-order valence-electron chi connectivity index (χ2n) is 7.37. The summed E-state index contributed by atoms with van der Waals surface area (Å²) in [5.74, 6) is -1.99. The molecule has 1 aromatic carbocycles. The molecule has 0 radical (unpaired) electrons. The van der Waals surface area contributed by atoms with Crippen LogP contribution in [0.25, 0.3) is 0 Å². The maximum Gasteiger partial charge on any atom is 0.276 e. The monoisotopic (exact) mass is 480 g/mol. The van der Waals surface area contributed by atoms with E-state index in [4.69, 9.17) is 4.74 Å². The fourth-order valence-electron chi connectivity index (χ4n) is 3.68. The molecule has 13 heteroatoms. The van der Waals surface area contributed by atoms with Crippen molar-refractivity contribution in [1.82, 2.24) is 14.6 Å². The maximum absolute atomic E-state index is 13.5. The number of carbonyl (C=O) groups excluding carboxylic acids is 1. The van der Waals surface area contributed by atoms with Gasteiger partial charge in [0.25, 0.3) is 12.3 Å². The van der Waals surface area contributed by atoms with Crippen molar-refractivity contribution < 1.29 is 31.1 Å². The van der Waals surface area contributed by atoms with Crippen molar-refractivity contribution in [2.24, 2.45) is 7.05 Å². The summed E-state index contributed by atoms with van der Waals surface area (Å²) in [5.41, 5.74) is -1.82. The lowest BCUT2D eigenvalue weighted by Gasteiger charge is -2.26. The molecule has 31 heavy (non-hydrogen) atoms. The highest BCUT2D eigenvalue weighted by molar-refractivity contribution is 7.89. The molecule has 8 nitrogen and oxygen atoms in total. The Balaban J connectivity index is 0.00000272. The van der Waals surface area contributed by atoms with Crippen LogP contribution in [0.2, 0.25) is 0 Å². The van der Waals surface area contributed by atoms with Crippen molar-refractivity contribution in [3.8, 4) is 5.75 Å². The number of benzene rings is 1. The predicted octanol–water partition coefficient (Wildman–Crippen LogP) is 2.18. The van der Waals surface area contributed by atoms with E-state index in [2.05, 4.69) is 15.4 Å². The summed E-state index contributed by atoms with van der Waals surface area (Å²) < 4.78 is 74.8. The highest BCUT2D eigenvalue weighted by Crippen LogP contribution is 2.36. The highest BCUT2D eigenvalue weighted by atomic mass is 35.5. The molecule has 2 aliphatic rings. The van der Waals surface area contributed by atoms with Crippen LogP contribution in [0.5, 0.6) is 5.75 Å². The number of aryl methyl sites for hydroxylation is 1. The van der Waals surface area contributed by atoms with E-state index < -0.39 is 39.3 Å².